The van der Waals surface area contributed by atoms with Gasteiger partial charge in [0.25, 0.3) is 5.91 Å². The molecule has 0 saturated heterocycles. The van der Waals surface area contributed by atoms with Crippen molar-refractivity contribution in [2.45, 2.75) is 6.42 Å². The number of furan rings is 1. The number of carbonyl (C=O) groups is 1. The van der Waals surface area contributed by atoms with E-state index in [0.29, 0.717) is 31.1 Å². The second-order valence-corrected chi connectivity index (χ2v) is 6.49. The summed E-state index contributed by atoms with van der Waals surface area (Å²) in [6, 6.07) is 13.3. The summed E-state index contributed by atoms with van der Waals surface area (Å²) >= 11 is 1.53. The maximum Gasteiger partial charge on any atom is 0.262 e. The number of hydrogen-bond donors (Lipinski definition) is 1. The first-order valence-corrected chi connectivity index (χ1v) is 8.87. The first-order valence-electron chi connectivity index (χ1n) is 8.06. The van der Waals surface area contributed by atoms with E-state index in [1.807, 2.05) is 30.3 Å². The monoisotopic (exact) mass is 367 g/mol. The lowest BCUT2D eigenvalue weighted by molar-refractivity contribution is -0.117. The number of aromatic nitrogens is 1. The smallest absolute Gasteiger partial charge is 0.262 e. The van der Waals surface area contributed by atoms with Crippen molar-refractivity contribution < 1.29 is 13.9 Å². The van der Waals surface area contributed by atoms with Crippen molar-refractivity contribution in [3.05, 3.63) is 47.7 Å². The molecule has 0 aliphatic rings. The average molecular weight is 367 g/mol. The Hall–Kier alpha value is -2.95. The van der Waals surface area contributed by atoms with Gasteiger partial charge >= 0.3 is 0 Å². The largest absolute Gasteiger partial charge is 0.454 e. The zero-order valence-corrected chi connectivity index (χ0v) is 15.0. The minimum Gasteiger partial charge on any atom is -0.454 e. The van der Waals surface area contributed by atoms with Gasteiger partial charge in [-0.2, -0.15) is 5.26 Å². The predicted molar refractivity (Wildman–Crippen MR) is 100 cm³/mol. The van der Waals surface area contributed by atoms with Gasteiger partial charge in [-0.15, -0.1) is 11.3 Å². The summed E-state index contributed by atoms with van der Waals surface area (Å²) in [4.78, 5) is 16.6. The Morgan fingerprint density at radius 3 is 3.00 bits per heavy atom. The maximum absolute atomic E-state index is 12.0. The van der Waals surface area contributed by atoms with Crippen LogP contribution in [-0.2, 0) is 9.53 Å². The summed E-state index contributed by atoms with van der Waals surface area (Å²) in [6.45, 7) is 0.996. The fourth-order valence-electron chi connectivity index (χ4n) is 2.33. The highest BCUT2D eigenvalue weighted by molar-refractivity contribution is 7.21. The van der Waals surface area contributed by atoms with Crippen molar-refractivity contribution in [3.63, 3.8) is 0 Å². The lowest BCUT2D eigenvalue weighted by Crippen LogP contribution is -2.26. The fraction of sp³-hybridized carbons (Fsp3) is 0.211. The van der Waals surface area contributed by atoms with Crippen LogP contribution < -0.4 is 5.32 Å². The molecule has 0 fully saturated rings. The number of thiazole rings is 1. The van der Waals surface area contributed by atoms with E-state index in [4.69, 9.17) is 9.15 Å². The number of fused-ring (bicyclic) bond motifs is 1. The molecule has 7 heteroatoms. The topological polar surface area (TPSA) is 88.1 Å². The number of nitrogens with zero attached hydrogens (tertiary/aromatic N) is 2. The summed E-state index contributed by atoms with van der Waals surface area (Å²) in [6.07, 6.45) is 2.12. The summed E-state index contributed by atoms with van der Waals surface area (Å²) in [5.74, 6) is 0.611. The molecule has 1 N–H and O–H groups in total. The number of nitrogens with one attached hydrogen (secondary N) is 1. The highest BCUT2D eigenvalue weighted by Crippen LogP contribution is 2.31. The van der Waals surface area contributed by atoms with Crippen LogP contribution in [0.5, 0.6) is 0 Å². The first kappa shape index (κ1) is 17.9. The van der Waals surface area contributed by atoms with Gasteiger partial charge in [0.1, 0.15) is 17.4 Å². The lowest BCUT2D eigenvalue weighted by atomic mass is 10.2. The summed E-state index contributed by atoms with van der Waals surface area (Å²) < 4.78 is 11.7. The van der Waals surface area contributed by atoms with Crippen molar-refractivity contribution in [1.82, 2.24) is 10.3 Å². The highest BCUT2D eigenvalue weighted by atomic mass is 32.1. The molecule has 0 aliphatic heterocycles. The second-order valence-electron chi connectivity index (χ2n) is 5.46. The highest BCUT2D eigenvalue weighted by Gasteiger charge is 2.12. The minimum absolute atomic E-state index is 0.00684. The van der Waals surface area contributed by atoms with Crippen molar-refractivity contribution in [2.75, 3.05) is 20.3 Å². The number of benzene rings is 1. The molecule has 2 aromatic heterocycles. The summed E-state index contributed by atoms with van der Waals surface area (Å²) in [5.41, 5.74) is 0.904. The molecule has 0 aliphatic carbocycles. The van der Waals surface area contributed by atoms with Gasteiger partial charge < -0.3 is 14.5 Å². The Morgan fingerprint density at radius 2 is 2.23 bits per heavy atom. The molecule has 6 nitrogen and oxygen atoms in total. The fourth-order valence-corrected chi connectivity index (χ4v) is 3.25. The lowest BCUT2D eigenvalue weighted by Gasteiger charge is -2.03. The quantitative estimate of drug-likeness (QED) is 0.391. The first-order chi connectivity index (χ1) is 12.7. The SMILES string of the molecule is COCCCNC(=O)/C(C#N)=C/c1ccc(-c2nc3ccccc3s2)o1. The van der Waals surface area contributed by atoms with E-state index < -0.39 is 5.91 Å². The second kappa shape index (κ2) is 8.43. The minimum atomic E-state index is -0.429. The molecule has 0 unspecified atom stereocenters. The van der Waals surface area contributed by atoms with Gasteiger partial charge in [-0.1, -0.05) is 12.1 Å². The molecule has 2 heterocycles. The van der Waals surface area contributed by atoms with E-state index in [2.05, 4.69) is 10.3 Å². The molecule has 1 aromatic carbocycles. The number of carbonyl (C=O) groups excluding carboxylic acids is 1. The number of nitriles is 1. The number of para-hydroxylation sites is 1. The van der Waals surface area contributed by atoms with Gasteiger partial charge in [0, 0.05) is 26.3 Å². The molecule has 0 atom stereocenters. The van der Waals surface area contributed by atoms with Gasteiger partial charge in [0.05, 0.1) is 10.2 Å². The van der Waals surface area contributed by atoms with Crippen molar-refractivity contribution in [3.8, 4) is 16.8 Å². The number of amides is 1. The third-order valence-electron chi connectivity index (χ3n) is 3.59. The van der Waals surface area contributed by atoms with Crippen molar-refractivity contribution >= 4 is 33.5 Å². The normalized spacial score (nSPS) is 11.5. The van der Waals surface area contributed by atoms with E-state index >= 15 is 0 Å². The van der Waals surface area contributed by atoms with Crippen LogP contribution in [0.1, 0.15) is 12.2 Å². The Bertz CT molecular complexity index is 948. The maximum atomic E-state index is 12.0. The Balaban J connectivity index is 1.74. The molecular formula is C19H17N3O3S. The average Bonchev–Trinajstić information content (AvgIpc) is 3.29. The van der Waals surface area contributed by atoms with E-state index in [0.717, 1.165) is 15.2 Å². The van der Waals surface area contributed by atoms with Gasteiger partial charge in [-0.3, -0.25) is 4.79 Å². The molecule has 0 saturated carbocycles. The number of ether oxygens (including phenoxy) is 1. The van der Waals surface area contributed by atoms with Crippen LogP contribution in [0.25, 0.3) is 27.1 Å². The Morgan fingerprint density at radius 1 is 1.38 bits per heavy atom. The van der Waals surface area contributed by atoms with Gasteiger partial charge in [-0.05, 0) is 30.7 Å². The molecular weight excluding hydrogens is 350 g/mol. The molecule has 0 radical (unpaired) electrons. The predicted octanol–water partition coefficient (Wildman–Crippen LogP) is 3.62. The molecule has 26 heavy (non-hydrogen) atoms. The van der Waals surface area contributed by atoms with E-state index in [9.17, 15) is 10.1 Å². The standard InChI is InChI=1S/C19H17N3O3S/c1-24-10-4-9-21-18(23)13(12-20)11-14-7-8-16(25-14)19-22-15-5-2-3-6-17(15)26-19/h2-3,5-8,11H,4,9-10H2,1H3,(H,21,23)/b13-11+. The van der Waals surface area contributed by atoms with Crippen LogP contribution >= 0.6 is 11.3 Å². The van der Waals surface area contributed by atoms with Crippen LogP contribution in [0, 0.1) is 11.3 Å². The zero-order valence-electron chi connectivity index (χ0n) is 14.2. The van der Waals surface area contributed by atoms with Crippen LogP contribution in [0.2, 0.25) is 0 Å². The van der Waals surface area contributed by atoms with E-state index in [1.54, 1.807) is 19.2 Å². The zero-order chi connectivity index (χ0) is 18.4. The van der Waals surface area contributed by atoms with Gasteiger partial charge in [-0.25, -0.2) is 4.98 Å². The van der Waals surface area contributed by atoms with Crippen molar-refractivity contribution in [1.29, 1.82) is 5.26 Å². The summed E-state index contributed by atoms with van der Waals surface area (Å²) in [5, 5.41) is 12.7. The Labute approximate surface area is 154 Å². The van der Waals surface area contributed by atoms with Crippen molar-refractivity contribution in [2.24, 2.45) is 0 Å². The van der Waals surface area contributed by atoms with E-state index in [1.165, 1.54) is 17.4 Å². The molecule has 1 amide bonds. The van der Waals surface area contributed by atoms with Gasteiger partial charge in [0.2, 0.25) is 0 Å². The number of methoxy groups -OCH3 is 1. The molecule has 0 bridgehead atoms. The third kappa shape index (κ3) is 4.17. The molecule has 3 aromatic rings. The van der Waals surface area contributed by atoms with E-state index in [-0.39, 0.29) is 5.57 Å². The van der Waals surface area contributed by atoms with Crippen LogP contribution in [0.15, 0.2) is 46.4 Å². The molecule has 3 rings (SSSR count). The Kier molecular flexibility index (Phi) is 5.79. The number of rotatable bonds is 7. The van der Waals surface area contributed by atoms with Gasteiger partial charge in [0.15, 0.2) is 10.8 Å². The van der Waals surface area contributed by atoms with Crippen LogP contribution in [-0.4, -0.2) is 31.2 Å². The van der Waals surface area contributed by atoms with Crippen LogP contribution in [0.4, 0.5) is 0 Å². The molecule has 0 spiro atoms. The number of hydrogen-bond acceptors (Lipinski definition) is 6. The summed E-state index contributed by atoms with van der Waals surface area (Å²) in [7, 11) is 1.60. The third-order valence-corrected chi connectivity index (χ3v) is 4.64. The molecule has 132 valence electrons. The van der Waals surface area contributed by atoms with Crippen LogP contribution in [0.3, 0.4) is 0 Å².